The van der Waals surface area contributed by atoms with Gasteiger partial charge >= 0.3 is 0 Å². The minimum absolute atomic E-state index is 0.0106. The van der Waals surface area contributed by atoms with Crippen LogP contribution in [0.4, 0.5) is 0 Å². The molecule has 3 atom stereocenters. The molecule has 1 saturated carbocycles. The van der Waals surface area contributed by atoms with Crippen LogP contribution in [0.15, 0.2) is 17.2 Å². The molecule has 0 spiro atoms. The summed E-state index contributed by atoms with van der Waals surface area (Å²) in [6.07, 6.45) is 4.78. The Morgan fingerprint density at radius 1 is 1.45 bits per heavy atom. The van der Waals surface area contributed by atoms with Gasteiger partial charge in [0.2, 0.25) is 5.91 Å². The van der Waals surface area contributed by atoms with Gasteiger partial charge in [-0.25, -0.2) is 4.98 Å². The van der Waals surface area contributed by atoms with Gasteiger partial charge in [0.1, 0.15) is 6.54 Å². The van der Waals surface area contributed by atoms with E-state index in [-0.39, 0.29) is 24.1 Å². The van der Waals surface area contributed by atoms with Gasteiger partial charge < -0.3 is 10.1 Å². The first-order valence-corrected chi connectivity index (χ1v) is 7.85. The number of rotatable bonds is 5. The second kappa shape index (κ2) is 7.54. The quantitative estimate of drug-likeness (QED) is 0.890. The highest BCUT2D eigenvalue weighted by atomic mass is 16.5. The van der Waals surface area contributed by atoms with Gasteiger partial charge in [-0.15, -0.1) is 0 Å². The van der Waals surface area contributed by atoms with Crippen LogP contribution in [0.2, 0.25) is 0 Å². The average molecular weight is 307 g/mol. The van der Waals surface area contributed by atoms with Gasteiger partial charge in [-0.1, -0.05) is 26.7 Å². The largest absolute Gasteiger partial charge is 0.378 e. The highest BCUT2D eigenvalue weighted by Gasteiger charge is 2.28. The van der Waals surface area contributed by atoms with E-state index in [0.29, 0.717) is 24.1 Å². The van der Waals surface area contributed by atoms with Crippen LogP contribution < -0.4 is 10.9 Å². The number of nitrogens with one attached hydrogen (secondary N) is 1. The van der Waals surface area contributed by atoms with Crippen molar-refractivity contribution in [1.29, 1.82) is 0 Å². The second-order valence-electron chi connectivity index (χ2n) is 6.22. The summed E-state index contributed by atoms with van der Waals surface area (Å²) >= 11 is 0. The molecule has 6 nitrogen and oxygen atoms in total. The van der Waals surface area contributed by atoms with Crippen molar-refractivity contribution in [3.8, 4) is 0 Å². The van der Waals surface area contributed by atoms with Crippen molar-refractivity contribution in [2.45, 2.75) is 52.3 Å². The number of methoxy groups -OCH3 is 1. The number of carbonyl (C=O) groups is 1. The lowest BCUT2D eigenvalue weighted by atomic mass is 9.78. The fourth-order valence-electron chi connectivity index (χ4n) is 3.00. The average Bonchev–Trinajstić information content (AvgIpc) is 2.47. The molecule has 0 unspecified atom stereocenters. The molecule has 122 valence electrons. The Hall–Kier alpha value is -1.69. The normalized spacial score (nSPS) is 25.0. The topological polar surface area (TPSA) is 73.2 Å². The molecule has 1 aromatic heterocycles. The molecule has 1 aliphatic carbocycles. The fraction of sp³-hybridized carbons (Fsp3) is 0.688. The lowest BCUT2D eigenvalue weighted by Gasteiger charge is -2.34. The SMILES string of the molecule is COCc1cc(=O)n(CC(=O)N[C@@H]2CCC[C@H](C)[C@@H]2C)cn1. The Morgan fingerprint density at radius 2 is 2.23 bits per heavy atom. The van der Waals surface area contributed by atoms with Crippen molar-refractivity contribution >= 4 is 5.91 Å². The minimum atomic E-state index is -0.234. The van der Waals surface area contributed by atoms with E-state index in [1.165, 1.54) is 23.4 Å². The molecule has 0 saturated heterocycles. The predicted octanol–water partition coefficient (Wildman–Crippen LogP) is 1.33. The lowest BCUT2D eigenvalue weighted by molar-refractivity contribution is -0.123. The molecule has 0 aliphatic heterocycles. The van der Waals surface area contributed by atoms with Gasteiger partial charge in [-0.3, -0.25) is 14.2 Å². The zero-order valence-electron chi connectivity index (χ0n) is 13.5. The van der Waals surface area contributed by atoms with Crippen molar-refractivity contribution in [1.82, 2.24) is 14.9 Å². The fourth-order valence-corrected chi connectivity index (χ4v) is 3.00. The first-order valence-electron chi connectivity index (χ1n) is 7.85. The maximum Gasteiger partial charge on any atom is 0.254 e. The first-order chi connectivity index (χ1) is 10.5. The Bertz CT molecular complexity index is 570. The number of hydrogen-bond acceptors (Lipinski definition) is 4. The molecule has 1 aliphatic rings. The van der Waals surface area contributed by atoms with Gasteiger partial charge in [0.25, 0.3) is 5.56 Å². The van der Waals surface area contributed by atoms with Crippen LogP contribution in [0, 0.1) is 11.8 Å². The maximum absolute atomic E-state index is 12.2. The van der Waals surface area contributed by atoms with Crippen LogP contribution in [0.1, 0.15) is 38.8 Å². The smallest absolute Gasteiger partial charge is 0.254 e. The van der Waals surface area contributed by atoms with Crippen molar-refractivity contribution in [2.24, 2.45) is 11.8 Å². The molecule has 0 radical (unpaired) electrons. The number of hydrogen-bond donors (Lipinski definition) is 1. The minimum Gasteiger partial charge on any atom is -0.378 e. The molecule has 1 amide bonds. The van der Waals surface area contributed by atoms with Crippen LogP contribution in [0.3, 0.4) is 0 Å². The molecule has 0 aromatic carbocycles. The van der Waals surface area contributed by atoms with Crippen LogP contribution >= 0.6 is 0 Å². The second-order valence-corrected chi connectivity index (χ2v) is 6.22. The molecular formula is C16H25N3O3. The summed E-state index contributed by atoms with van der Waals surface area (Å²) in [5, 5.41) is 3.06. The number of ether oxygens (including phenoxy) is 1. The summed E-state index contributed by atoms with van der Waals surface area (Å²) < 4.78 is 6.26. The summed E-state index contributed by atoms with van der Waals surface area (Å²) in [6, 6.07) is 1.61. The zero-order chi connectivity index (χ0) is 16.1. The van der Waals surface area contributed by atoms with Crippen molar-refractivity contribution < 1.29 is 9.53 Å². The lowest BCUT2D eigenvalue weighted by Crippen LogP contribution is -2.45. The van der Waals surface area contributed by atoms with Gasteiger partial charge in [0.15, 0.2) is 0 Å². The van der Waals surface area contributed by atoms with Crippen molar-refractivity contribution in [3.63, 3.8) is 0 Å². The summed E-state index contributed by atoms with van der Waals surface area (Å²) in [4.78, 5) is 28.2. The first kappa shape index (κ1) is 16.7. The maximum atomic E-state index is 12.2. The predicted molar refractivity (Wildman–Crippen MR) is 83.3 cm³/mol. The third-order valence-electron chi connectivity index (χ3n) is 4.60. The van der Waals surface area contributed by atoms with E-state index in [0.717, 1.165) is 12.8 Å². The Labute approximate surface area is 130 Å². The van der Waals surface area contributed by atoms with E-state index in [1.807, 2.05) is 0 Å². The summed E-state index contributed by atoms with van der Waals surface area (Å²) in [5.74, 6) is 0.961. The number of amides is 1. The van der Waals surface area contributed by atoms with E-state index < -0.39 is 0 Å². The van der Waals surface area contributed by atoms with E-state index in [9.17, 15) is 9.59 Å². The number of aromatic nitrogens is 2. The highest BCUT2D eigenvalue weighted by molar-refractivity contribution is 5.76. The molecule has 1 aromatic rings. The van der Waals surface area contributed by atoms with Crippen molar-refractivity contribution in [3.05, 3.63) is 28.4 Å². The number of nitrogens with zero attached hydrogens (tertiary/aromatic N) is 2. The zero-order valence-corrected chi connectivity index (χ0v) is 13.5. The van der Waals surface area contributed by atoms with Gasteiger partial charge in [-0.2, -0.15) is 0 Å². The van der Waals surface area contributed by atoms with Crippen LogP contribution in [0.5, 0.6) is 0 Å². The summed E-state index contributed by atoms with van der Waals surface area (Å²) in [7, 11) is 1.55. The van der Waals surface area contributed by atoms with Gasteiger partial charge in [0.05, 0.1) is 18.6 Å². The van der Waals surface area contributed by atoms with Crippen LogP contribution in [-0.4, -0.2) is 28.6 Å². The Kier molecular flexibility index (Phi) is 5.71. The molecule has 1 N–H and O–H groups in total. The van der Waals surface area contributed by atoms with Crippen molar-refractivity contribution in [2.75, 3.05) is 7.11 Å². The Morgan fingerprint density at radius 3 is 2.91 bits per heavy atom. The molecule has 22 heavy (non-hydrogen) atoms. The summed E-state index contributed by atoms with van der Waals surface area (Å²) in [5.41, 5.74) is 0.334. The Balaban J connectivity index is 1.96. The molecular weight excluding hydrogens is 282 g/mol. The van der Waals surface area contributed by atoms with Crippen LogP contribution in [0.25, 0.3) is 0 Å². The van der Waals surface area contributed by atoms with Gasteiger partial charge in [0, 0.05) is 19.2 Å². The number of carbonyl (C=O) groups excluding carboxylic acids is 1. The third-order valence-corrected chi connectivity index (χ3v) is 4.60. The molecule has 6 heteroatoms. The summed E-state index contributed by atoms with van der Waals surface area (Å²) in [6.45, 7) is 4.71. The molecule has 1 heterocycles. The van der Waals surface area contributed by atoms with Crippen LogP contribution in [-0.2, 0) is 22.7 Å². The third kappa shape index (κ3) is 4.16. The molecule has 1 fully saturated rings. The highest BCUT2D eigenvalue weighted by Crippen LogP contribution is 2.29. The molecule has 2 rings (SSSR count). The standard InChI is InChI=1S/C16H25N3O3/c1-11-5-4-6-14(12(11)2)18-15(20)8-19-10-17-13(9-22-3)7-16(19)21/h7,10-12,14H,4-6,8-9H2,1-3H3,(H,18,20)/t11-,12-,14+/m0/s1. The monoisotopic (exact) mass is 307 g/mol. The van der Waals surface area contributed by atoms with E-state index in [4.69, 9.17) is 4.74 Å². The van der Waals surface area contributed by atoms with E-state index >= 15 is 0 Å². The van der Waals surface area contributed by atoms with Gasteiger partial charge in [-0.05, 0) is 18.3 Å². The molecule has 0 bridgehead atoms. The van der Waals surface area contributed by atoms with E-state index in [2.05, 4.69) is 24.1 Å². The van der Waals surface area contributed by atoms with E-state index in [1.54, 1.807) is 7.11 Å².